The molecule has 5 nitrogen and oxygen atoms in total. The van der Waals surface area contributed by atoms with Crippen LogP contribution in [0, 0.1) is 5.92 Å². The van der Waals surface area contributed by atoms with E-state index in [9.17, 15) is 8.42 Å². The van der Waals surface area contributed by atoms with E-state index in [1.165, 1.54) is 4.31 Å². The molecule has 1 heterocycles. The van der Waals surface area contributed by atoms with Gasteiger partial charge in [0.1, 0.15) is 4.90 Å². The zero-order valence-electron chi connectivity index (χ0n) is 11.2. The molecule has 0 spiro atoms. The molecular weight excluding hydrogens is 250 g/mol. The van der Waals surface area contributed by atoms with Crippen LogP contribution in [0.15, 0.2) is 17.2 Å². The molecule has 2 rings (SSSR count). The zero-order valence-corrected chi connectivity index (χ0v) is 12.0. The summed E-state index contributed by atoms with van der Waals surface area (Å²) in [4.78, 5) is 0.387. The number of aromatic nitrogens is 1. The minimum absolute atomic E-state index is 0.387. The lowest BCUT2D eigenvalue weighted by molar-refractivity contribution is 0.453. The normalized spacial score (nSPS) is 16.4. The third kappa shape index (κ3) is 2.76. The maximum atomic E-state index is 12.4. The maximum Gasteiger partial charge on any atom is 0.244 e. The number of nitrogens with zero attached hydrogens (tertiary/aromatic N) is 2. The summed E-state index contributed by atoms with van der Waals surface area (Å²) in [6, 6.07) is 1.75. The molecule has 18 heavy (non-hydrogen) atoms. The van der Waals surface area contributed by atoms with Crippen molar-refractivity contribution in [1.29, 1.82) is 0 Å². The van der Waals surface area contributed by atoms with Crippen LogP contribution in [0.5, 0.6) is 0 Å². The van der Waals surface area contributed by atoms with Gasteiger partial charge in [-0.3, -0.25) is 0 Å². The molecule has 1 aromatic rings. The minimum Gasteiger partial charge on any atom is -0.352 e. The van der Waals surface area contributed by atoms with Crippen molar-refractivity contribution in [3.8, 4) is 0 Å². The highest BCUT2D eigenvalue weighted by molar-refractivity contribution is 7.89. The van der Waals surface area contributed by atoms with Crippen molar-refractivity contribution in [1.82, 2.24) is 14.2 Å². The highest BCUT2D eigenvalue weighted by Gasteiger charge is 2.29. The van der Waals surface area contributed by atoms with Gasteiger partial charge in [-0.25, -0.2) is 12.7 Å². The van der Waals surface area contributed by atoms with Crippen LogP contribution in [-0.4, -0.2) is 37.9 Å². The third-order valence-electron chi connectivity index (χ3n) is 3.36. The summed E-state index contributed by atoms with van der Waals surface area (Å²) in [5, 5.41) is 3.03. The third-order valence-corrected chi connectivity index (χ3v) is 5.15. The topological polar surface area (TPSA) is 54.3 Å². The summed E-state index contributed by atoms with van der Waals surface area (Å²) < 4.78 is 28.0. The van der Waals surface area contributed by atoms with Crippen LogP contribution in [-0.2, 0) is 23.6 Å². The van der Waals surface area contributed by atoms with Crippen LogP contribution in [0.2, 0.25) is 0 Å². The van der Waals surface area contributed by atoms with Gasteiger partial charge in [-0.15, -0.1) is 0 Å². The van der Waals surface area contributed by atoms with Gasteiger partial charge in [0.15, 0.2) is 0 Å². The molecular formula is C12H21N3O2S. The van der Waals surface area contributed by atoms with Crippen LogP contribution >= 0.6 is 0 Å². The van der Waals surface area contributed by atoms with Gasteiger partial charge < -0.3 is 9.88 Å². The van der Waals surface area contributed by atoms with Crippen LogP contribution in [0.1, 0.15) is 18.5 Å². The highest BCUT2D eigenvalue weighted by Crippen LogP contribution is 2.31. The van der Waals surface area contributed by atoms with Crippen molar-refractivity contribution in [2.24, 2.45) is 13.0 Å². The highest BCUT2D eigenvalue weighted by atomic mass is 32.2. The fraction of sp³-hybridized carbons (Fsp3) is 0.667. The summed E-state index contributed by atoms with van der Waals surface area (Å²) in [6.45, 7) is 1.30. The van der Waals surface area contributed by atoms with E-state index in [1.807, 2.05) is 18.7 Å². The monoisotopic (exact) mass is 271 g/mol. The Hall–Kier alpha value is -0.850. The fourth-order valence-electron chi connectivity index (χ4n) is 2.02. The molecule has 1 N–H and O–H groups in total. The summed E-state index contributed by atoms with van der Waals surface area (Å²) in [7, 11) is 2.05. The first-order valence-corrected chi connectivity index (χ1v) is 7.65. The molecule has 1 saturated carbocycles. The maximum absolute atomic E-state index is 12.4. The average molecular weight is 271 g/mol. The molecule has 0 saturated heterocycles. The lowest BCUT2D eigenvalue weighted by Gasteiger charge is -2.15. The zero-order chi connectivity index (χ0) is 13.3. The molecule has 0 unspecified atom stereocenters. The largest absolute Gasteiger partial charge is 0.352 e. The molecule has 6 heteroatoms. The molecule has 0 bridgehead atoms. The first-order valence-electron chi connectivity index (χ1n) is 6.21. The van der Waals surface area contributed by atoms with Gasteiger partial charge in [0, 0.05) is 39.1 Å². The van der Waals surface area contributed by atoms with E-state index in [0.29, 0.717) is 23.9 Å². The SMILES string of the molecule is CNCc1cc(S(=O)(=O)N(C)CC2CC2)cn1C. The van der Waals surface area contributed by atoms with Crippen molar-refractivity contribution in [3.05, 3.63) is 18.0 Å². The van der Waals surface area contributed by atoms with Crippen molar-refractivity contribution < 1.29 is 8.42 Å². The quantitative estimate of drug-likeness (QED) is 0.831. The minimum atomic E-state index is -3.33. The molecule has 1 aromatic heterocycles. The summed E-state index contributed by atoms with van der Waals surface area (Å²) in [5.74, 6) is 0.560. The Morgan fingerprint density at radius 1 is 1.50 bits per heavy atom. The van der Waals surface area contributed by atoms with Crippen molar-refractivity contribution in [2.45, 2.75) is 24.3 Å². The Balaban J connectivity index is 2.20. The molecule has 0 aromatic carbocycles. The second-order valence-corrected chi connectivity index (χ2v) is 7.08. The average Bonchev–Trinajstić information content (AvgIpc) is 3.03. The fourth-order valence-corrected chi connectivity index (χ4v) is 3.36. The Morgan fingerprint density at radius 2 is 2.17 bits per heavy atom. The number of rotatable bonds is 6. The molecule has 0 atom stereocenters. The van der Waals surface area contributed by atoms with E-state index in [0.717, 1.165) is 18.5 Å². The van der Waals surface area contributed by atoms with Gasteiger partial charge in [0.2, 0.25) is 10.0 Å². The predicted octanol–water partition coefficient (Wildman–Crippen LogP) is 0.775. The van der Waals surface area contributed by atoms with E-state index < -0.39 is 10.0 Å². The molecule has 0 amide bonds. The number of hydrogen-bond donors (Lipinski definition) is 1. The Kier molecular flexibility index (Phi) is 3.79. The summed E-state index contributed by atoms with van der Waals surface area (Å²) in [5.41, 5.74) is 0.968. The molecule has 0 aliphatic heterocycles. The van der Waals surface area contributed by atoms with Gasteiger partial charge in [-0.05, 0) is 31.9 Å². The molecule has 102 valence electrons. The van der Waals surface area contributed by atoms with Crippen LogP contribution < -0.4 is 5.32 Å². The lowest BCUT2D eigenvalue weighted by atomic mass is 10.4. The number of hydrogen-bond acceptors (Lipinski definition) is 3. The first-order chi connectivity index (χ1) is 8.45. The van der Waals surface area contributed by atoms with E-state index in [4.69, 9.17) is 0 Å². The molecule has 1 fully saturated rings. The Bertz CT molecular complexity index is 517. The summed E-state index contributed by atoms with van der Waals surface area (Å²) in [6.07, 6.45) is 3.99. The van der Waals surface area contributed by atoms with Gasteiger partial charge in [-0.2, -0.15) is 0 Å². The van der Waals surface area contributed by atoms with Crippen LogP contribution in [0.25, 0.3) is 0 Å². The van der Waals surface area contributed by atoms with Crippen molar-refractivity contribution in [3.63, 3.8) is 0 Å². The first kappa shape index (κ1) is 13.6. The Labute approximate surface area is 109 Å². The smallest absolute Gasteiger partial charge is 0.244 e. The molecule has 1 aliphatic rings. The van der Waals surface area contributed by atoms with Gasteiger partial charge in [-0.1, -0.05) is 0 Å². The standard InChI is InChI=1S/C12H21N3O2S/c1-13-7-11-6-12(9-14(11)2)18(16,17)15(3)8-10-4-5-10/h6,9-10,13H,4-5,7-8H2,1-3H3. The van der Waals surface area contributed by atoms with Gasteiger partial charge >= 0.3 is 0 Å². The second-order valence-electron chi connectivity index (χ2n) is 5.04. The molecule has 0 radical (unpaired) electrons. The predicted molar refractivity (Wildman–Crippen MR) is 70.7 cm³/mol. The number of sulfonamides is 1. The van der Waals surface area contributed by atoms with Gasteiger partial charge in [0.25, 0.3) is 0 Å². The lowest BCUT2D eigenvalue weighted by Crippen LogP contribution is -2.28. The molecule has 1 aliphatic carbocycles. The van der Waals surface area contributed by atoms with E-state index in [-0.39, 0.29) is 0 Å². The number of nitrogens with one attached hydrogen (secondary N) is 1. The number of aryl methyl sites for hydroxylation is 1. The van der Waals surface area contributed by atoms with Gasteiger partial charge in [0.05, 0.1) is 0 Å². The van der Waals surface area contributed by atoms with Crippen LogP contribution in [0.3, 0.4) is 0 Å². The van der Waals surface area contributed by atoms with E-state index in [1.54, 1.807) is 19.3 Å². The van der Waals surface area contributed by atoms with Crippen molar-refractivity contribution >= 4 is 10.0 Å². The van der Waals surface area contributed by atoms with E-state index in [2.05, 4.69) is 5.32 Å². The summed E-state index contributed by atoms with van der Waals surface area (Å²) >= 11 is 0. The Morgan fingerprint density at radius 3 is 2.72 bits per heavy atom. The van der Waals surface area contributed by atoms with E-state index >= 15 is 0 Å². The van der Waals surface area contributed by atoms with Crippen molar-refractivity contribution in [2.75, 3.05) is 20.6 Å². The van der Waals surface area contributed by atoms with Crippen LogP contribution in [0.4, 0.5) is 0 Å². The second kappa shape index (κ2) is 5.03.